The van der Waals surface area contributed by atoms with E-state index < -0.39 is 4.92 Å². The second kappa shape index (κ2) is 8.11. The van der Waals surface area contributed by atoms with Gasteiger partial charge < -0.3 is 15.4 Å². The van der Waals surface area contributed by atoms with Crippen LogP contribution in [0.4, 0.5) is 11.4 Å². The summed E-state index contributed by atoms with van der Waals surface area (Å²) in [5.41, 5.74) is 0.427. The molecule has 0 aliphatic rings. The molecule has 1 amide bonds. The Labute approximate surface area is 117 Å². The van der Waals surface area contributed by atoms with E-state index in [9.17, 15) is 14.9 Å². The van der Waals surface area contributed by atoms with Crippen LogP contribution in [0.5, 0.6) is 0 Å². The van der Waals surface area contributed by atoms with E-state index in [1.54, 1.807) is 6.07 Å². The van der Waals surface area contributed by atoms with Gasteiger partial charge in [-0.2, -0.15) is 0 Å². The average molecular weight is 281 g/mol. The zero-order chi connectivity index (χ0) is 15.0. The zero-order valence-electron chi connectivity index (χ0n) is 11.6. The zero-order valence-corrected chi connectivity index (χ0v) is 11.6. The number of nitro benzene ring substituents is 1. The maximum atomic E-state index is 12.0. The highest BCUT2D eigenvalue weighted by Gasteiger charge is 2.20. The minimum absolute atomic E-state index is 0.0992. The number of anilines is 1. The van der Waals surface area contributed by atoms with Gasteiger partial charge in [0, 0.05) is 26.3 Å². The molecule has 110 valence electrons. The van der Waals surface area contributed by atoms with Crippen LogP contribution in [0, 0.1) is 10.1 Å². The van der Waals surface area contributed by atoms with Gasteiger partial charge in [0.25, 0.3) is 11.6 Å². The molecule has 20 heavy (non-hydrogen) atoms. The van der Waals surface area contributed by atoms with Crippen molar-refractivity contribution in [2.24, 2.45) is 0 Å². The molecule has 7 nitrogen and oxygen atoms in total. The molecule has 0 saturated heterocycles. The van der Waals surface area contributed by atoms with Crippen LogP contribution in [0.15, 0.2) is 18.2 Å². The lowest BCUT2D eigenvalue weighted by Gasteiger charge is -2.12. The average Bonchev–Trinajstić information content (AvgIpc) is 2.44. The largest absolute Gasteiger partial charge is 0.383 e. The summed E-state index contributed by atoms with van der Waals surface area (Å²) in [6.45, 7) is 3.24. The van der Waals surface area contributed by atoms with Crippen LogP contribution in [0.2, 0.25) is 0 Å². The number of nitrogens with one attached hydrogen (secondary N) is 2. The number of hydrogen-bond donors (Lipinski definition) is 2. The fourth-order valence-corrected chi connectivity index (χ4v) is 1.68. The molecule has 0 saturated carbocycles. The Morgan fingerprint density at radius 3 is 2.75 bits per heavy atom. The number of para-hydroxylation sites is 1. The van der Waals surface area contributed by atoms with E-state index in [4.69, 9.17) is 4.74 Å². The van der Waals surface area contributed by atoms with Crippen LogP contribution in [0.3, 0.4) is 0 Å². The second-order valence-electron chi connectivity index (χ2n) is 4.13. The smallest absolute Gasteiger partial charge is 0.293 e. The first-order valence-corrected chi connectivity index (χ1v) is 6.40. The Morgan fingerprint density at radius 2 is 2.15 bits per heavy atom. The van der Waals surface area contributed by atoms with Crippen molar-refractivity contribution in [2.75, 3.05) is 32.1 Å². The van der Waals surface area contributed by atoms with Crippen LogP contribution in [-0.2, 0) is 4.74 Å². The van der Waals surface area contributed by atoms with E-state index in [0.717, 1.165) is 6.42 Å². The van der Waals surface area contributed by atoms with Gasteiger partial charge in [-0.3, -0.25) is 14.9 Å². The van der Waals surface area contributed by atoms with Gasteiger partial charge in [-0.1, -0.05) is 13.0 Å². The Hall–Kier alpha value is -2.15. The van der Waals surface area contributed by atoms with Gasteiger partial charge in [-0.15, -0.1) is 0 Å². The molecule has 1 rings (SSSR count). The molecule has 0 aromatic heterocycles. The molecule has 0 heterocycles. The third-order valence-electron chi connectivity index (χ3n) is 2.63. The highest BCUT2D eigenvalue weighted by Crippen LogP contribution is 2.28. The van der Waals surface area contributed by atoms with Crippen molar-refractivity contribution < 1.29 is 14.5 Å². The van der Waals surface area contributed by atoms with Gasteiger partial charge in [0.1, 0.15) is 5.69 Å². The van der Waals surface area contributed by atoms with E-state index in [0.29, 0.717) is 19.7 Å². The number of benzene rings is 1. The first-order chi connectivity index (χ1) is 9.61. The van der Waals surface area contributed by atoms with E-state index >= 15 is 0 Å². The molecule has 0 radical (unpaired) electrons. The highest BCUT2D eigenvalue weighted by atomic mass is 16.6. The normalized spacial score (nSPS) is 10.1. The molecule has 0 aliphatic heterocycles. The summed E-state index contributed by atoms with van der Waals surface area (Å²) in [7, 11) is 1.54. The third kappa shape index (κ3) is 4.20. The number of rotatable bonds is 8. The number of ether oxygens (including phenoxy) is 1. The lowest BCUT2D eigenvalue weighted by Crippen LogP contribution is -2.28. The van der Waals surface area contributed by atoms with Crippen molar-refractivity contribution in [3.8, 4) is 0 Å². The fraction of sp³-hybridized carbons (Fsp3) is 0.462. The summed E-state index contributed by atoms with van der Waals surface area (Å²) >= 11 is 0. The number of nitro groups is 1. The number of hydrogen-bond acceptors (Lipinski definition) is 5. The van der Waals surface area contributed by atoms with Crippen LogP contribution in [0.1, 0.15) is 23.7 Å². The number of amides is 1. The summed E-state index contributed by atoms with van der Waals surface area (Å²) in [4.78, 5) is 22.6. The van der Waals surface area contributed by atoms with Crippen molar-refractivity contribution in [3.05, 3.63) is 33.9 Å². The quantitative estimate of drug-likeness (QED) is 0.430. The molecule has 1 aromatic carbocycles. The Balaban J connectivity index is 3.01. The lowest BCUT2D eigenvalue weighted by atomic mass is 10.1. The van der Waals surface area contributed by atoms with Crippen molar-refractivity contribution in [1.82, 2.24) is 5.32 Å². The van der Waals surface area contributed by atoms with Gasteiger partial charge in [0.05, 0.1) is 17.1 Å². The van der Waals surface area contributed by atoms with Gasteiger partial charge in [0.2, 0.25) is 0 Å². The van der Waals surface area contributed by atoms with Crippen molar-refractivity contribution in [2.45, 2.75) is 13.3 Å². The van der Waals surface area contributed by atoms with Gasteiger partial charge in [-0.25, -0.2) is 0 Å². The van der Waals surface area contributed by atoms with Crippen molar-refractivity contribution in [1.29, 1.82) is 0 Å². The van der Waals surface area contributed by atoms with Gasteiger partial charge >= 0.3 is 0 Å². The lowest BCUT2D eigenvalue weighted by molar-refractivity contribution is -0.384. The minimum Gasteiger partial charge on any atom is -0.383 e. The fourth-order valence-electron chi connectivity index (χ4n) is 1.68. The Morgan fingerprint density at radius 1 is 1.40 bits per heavy atom. The van der Waals surface area contributed by atoms with Crippen LogP contribution in [-0.4, -0.2) is 37.6 Å². The molecule has 0 spiro atoms. The molecule has 2 N–H and O–H groups in total. The molecule has 0 atom stereocenters. The Kier molecular flexibility index (Phi) is 6.45. The topological polar surface area (TPSA) is 93.5 Å². The van der Waals surface area contributed by atoms with E-state index in [1.165, 1.54) is 19.2 Å². The van der Waals surface area contributed by atoms with E-state index in [-0.39, 0.29) is 22.8 Å². The van der Waals surface area contributed by atoms with E-state index in [1.807, 2.05) is 6.92 Å². The second-order valence-corrected chi connectivity index (χ2v) is 4.13. The van der Waals surface area contributed by atoms with Gasteiger partial charge in [-0.05, 0) is 12.5 Å². The summed E-state index contributed by atoms with van der Waals surface area (Å²) in [6, 6.07) is 4.44. The Bertz CT molecular complexity index is 477. The SMILES string of the molecule is CCCNc1c(C(=O)NCCOC)cccc1[N+](=O)[O-]. The summed E-state index contributed by atoms with van der Waals surface area (Å²) in [6.07, 6.45) is 0.802. The molecule has 0 unspecified atom stereocenters. The predicted octanol–water partition coefficient (Wildman–Crippen LogP) is 1.79. The monoisotopic (exact) mass is 281 g/mol. The summed E-state index contributed by atoms with van der Waals surface area (Å²) in [5.74, 6) is -0.357. The minimum atomic E-state index is -0.496. The molecule has 1 aromatic rings. The number of carbonyl (C=O) groups is 1. The van der Waals surface area contributed by atoms with Crippen LogP contribution in [0.25, 0.3) is 0 Å². The van der Waals surface area contributed by atoms with Crippen LogP contribution >= 0.6 is 0 Å². The number of nitrogens with zero attached hydrogens (tertiary/aromatic N) is 1. The van der Waals surface area contributed by atoms with E-state index in [2.05, 4.69) is 10.6 Å². The number of methoxy groups -OCH3 is 1. The highest BCUT2D eigenvalue weighted by molar-refractivity contribution is 6.01. The predicted molar refractivity (Wildman–Crippen MR) is 76.1 cm³/mol. The molecule has 0 bridgehead atoms. The summed E-state index contributed by atoms with van der Waals surface area (Å²) in [5, 5.41) is 16.6. The third-order valence-corrected chi connectivity index (χ3v) is 2.63. The standard InChI is InChI=1S/C13H19N3O4/c1-3-7-14-12-10(13(17)15-8-9-20-2)5-4-6-11(12)16(18)19/h4-6,14H,3,7-9H2,1-2H3,(H,15,17). The van der Waals surface area contributed by atoms with Gasteiger partial charge in [0.15, 0.2) is 0 Å². The van der Waals surface area contributed by atoms with Crippen LogP contribution < -0.4 is 10.6 Å². The molecular weight excluding hydrogens is 262 g/mol. The molecule has 0 fully saturated rings. The van der Waals surface area contributed by atoms with Crippen molar-refractivity contribution in [3.63, 3.8) is 0 Å². The molecule has 7 heteroatoms. The first-order valence-electron chi connectivity index (χ1n) is 6.40. The first kappa shape index (κ1) is 15.9. The molecule has 0 aliphatic carbocycles. The van der Waals surface area contributed by atoms with Crippen molar-refractivity contribution >= 4 is 17.3 Å². The molecular formula is C13H19N3O4. The summed E-state index contributed by atoms with van der Waals surface area (Å²) < 4.78 is 4.85. The number of carbonyl (C=O) groups excluding carboxylic acids is 1. The maximum Gasteiger partial charge on any atom is 0.293 e. The maximum absolute atomic E-state index is 12.0.